The van der Waals surface area contributed by atoms with Crippen LogP contribution in [0.3, 0.4) is 0 Å². The van der Waals surface area contributed by atoms with Crippen LogP contribution in [0.25, 0.3) is 0 Å². The molecule has 1 aromatic rings. The van der Waals surface area contributed by atoms with Gasteiger partial charge in [-0.15, -0.1) is 0 Å². The van der Waals surface area contributed by atoms with E-state index >= 15 is 0 Å². The van der Waals surface area contributed by atoms with Crippen LogP contribution in [0, 0.1) is 0 Å². The van der Waals surface area contributed by atoms with Crippen molar-refractivity contribution in [3.63, 3.8) is 0 Å². The third kappa shape index (κ3) is 4.66. The van der Waals surface area contributed by atoms with Gasteiger partial charge in [-0.3, -0.25) is 4.68 Å². The van der Waals surface area contributed by atoms with Crippen LogP contribution in [-0.4, -0.2) is 36.2 Å². The van der Waals surface area contributed by atoms with E-state index in [1.165, 1.54) is 0 Å². The molecule has 0 fully saturated rings. The molecule has 1 aromatic heterocycles. The molecule has 0 bridgehead atoms. The summed E-state index contributed by atoms with van der Waals surface area (Å²) in [6.07, 6.45) is -1.74. The van der Waals surface area contributed by atoms with Crippen molar-refractivity contribution in [2.24, 2.45) is 0 Å². The zero-order chi connectivity index (χ0) is 13.6. The van der Waals surface area contributed by atoms with Crippen LogP contribution >= 0.6 is 0 Å². The van der Waals surface area contributed by atoms with Gasteiger partial charge in [0.2, 0.25) is 0 Å². The minimum atomic E-state index is -4.29. The Morgan fingerprint density at radius 2 is 2.22 bits per heavy atom. The maximum Gasteiger partial charge on any atom is 0.411 e. The van der Waals surface area contributed by atoms with Gasteiger partial charge in [0.25, 0.3) is 0 Å². The fourth-order valence-electron chi connectivity index (χ4n) is 1.65. The van der Waals surface area contributed by atoms with Gasteiger partial charge in [0.05, 0.1) is 18.3 Å². The van der Waals surface area contributed by atoms with Crippen LogP contribution in [0.1, 0.15) is 25.1 Å². The lowest BCUT2D eigenvalue weighted by Crippen LogP contribution is -2.27. The molecular formula is C11H18F3N3O. The van der Waals surface area contributed by atoms with E-state index in [4.69, 9.17) is 0 Å². The highest BCUT2D eigenvalue weighted by atomic mass is 19.4. The van der Waals surface area contributed by atoms with E-state index in [-0.39, 0.29) is 12.6 Å². The summed E-state index contributed by atoms with van der Waals surface area (Å²) in [5.41, 5.74) is 0.835. The van der Waals surface area contributed by atoms with E-state index in [0.717, 1.165) is 18.7 Å². The Balaban J connectivity index is 2.57. The lowest BCUT2D eigenvalue weighted by Gasteiger charge is -2.18. The molecule has 1 N–H and O–H groups in total. The standard InChI is InChI=1S/C11H18F3N3O/c1-3-6-17-10(4-5-16-17)9(15-2)7-18-8-11(12,13)14/h4-5,9,15H,3,6-8H2,1-2H3. The van der Waals surface area contributed by atoms with Crippen molar-refractivity contribution in [3.05, 3.63) is 18.0 Å². The number of nitrogens with zero attached hydrogens (tertiary/aromatic N) is 2. The zero-order valence-corrected chi connectivity index (χ0v) is 10.5. The maximum absolute atomic E-state index is 12.0. The molecule has 0 aromatic carbocycles. The third-order valence-corrected chi connectivity index (χ3v) is 2.44. The second kappa shape index (κ2) is 6.75. The number of halogens is 3. The molecule has 1 unspecified atom stereocenters. The number of aromatic nitrogens is 2. The summed E-state index contributed by atoms with van der Waals surface area (Å²) in [6.45, 7) is 1.48. The molecule has 0 spiro atoms. The molecule has 4 nitrogen and oxygen atoms in total. The zero-order valence-electron chi connectivity index (χ0n) is 10.5. The average molecular weight is 265 g/mol. The molecular weight excluding hydrogens is 247 g/mol. The molecule has 0 amide bonds. The molecule has 7 heteroatoms. The molecule has 0 aliphatic heterocycles. The van der Waals surface area contributed by atoms with Crippen LogP contribution in [-0.2, 0) is 11.3 Å². The van der Waals surface area contributed by atoms with Crippen molar-refractivity contribution in [2.75, 3.05) is 20.3 Å². The van der Waals surface area contributed by atoms with Gasteiger partial charge >= 0.3 is 6.18 Å². The van der Waals surface area contributed by atoms with E-state index < -0.39 is 12.8 Å². The molecule has 0 aliphatic carbocycles. The molecule has 1 rings (SSSR count). The van der Waals surface area contributed by atoms with Crippen LogP contribution in [0.2, 0.25) is 0 Å². The number of likely N-dealkylation sites (N-methyl/N-ethyl adjacent to an activating group) is 1. The second-order valence-corrected chi connectivity index (χ2v) is 3.95. The van der Waals surface area contributed by atoms with Crippen molar-refractivity contribution in [1.82, 2.24) is 15.1 Å². The van der Waals surface area contributed by atoms with Gasteiger partial charge in [-0.1, -0.05) is 6.92 Å². The first-order chi connectivity index (χ1) is 8.48. The van der Waals surface area contributed by atoms with E-state index in [9.17, 15) is 13.2 Å². The minimum Gasteiger partial charge on any atom is -0.370 e. The lowest BCUT2D eigenvalue weighted by atomic mass is 10.2. The molecule has 0 saturated carbocycles. The first-order valence-corrected chi connectivity index (χ1v) is 5.81. The lowest BCUT2D eigenvalue weighted by molar-refractivity contribution is -0.175. The summed E-state index contributed by atoms with van der Waals surface area (Å²) in [7, 11) is 1.69. The summed E-state index contributed by atoms with van der Waals surface area (Å²) in [5.74, 6) is 0. The minimum absolute atomic E-state index is 0.0363. The summed E-state index contributed by atoms with van der Waals surface area (Å²) < 4.78 is 42.4. The van der Waals surface area contributed by atoms with Gasteiger partial charge in [0.1, 0.15) is 6.61 Å². The van der Waals surface area contributed by atoms with E-state index in [1.807, 2.05) is 6.92 Å². The quantitative estimate of drug-likeness (QED) is 0.821. The largest absolute Gasteiger partial charge is 0.411 e. The summed E-state index contributed by atoms with van der Waals surface area (Å²) >= 11 is 0. The van der Waals surface area contributed by atoms with Crippen molar-refractivity contribution in [3.8, 4) is 0 Å². The van der Waals surface area contributed by atoms with Gasteiger partial charge in [-0.25, -0.2) is 0 Å². The number of hydrogen-bond donors (Lipinski definition) is 1. The van der Waals surface area contributed by atoms with Crippen molar-refractivity contribution in [1.29, 1.82) is 0 Å². The first-order valence-electron chi connectivity index (χ1n) is 5.81. The maximum atomic E-state index is 12.0. The normalized spacial score (nSPS) is 13.8. The molecule has 0 saturated heterocycles. The van der Waals surface area contributed by atoms with Crippen LogP contribution in [0.4, 0.5) is 13.2 Å². The van der Waals surface area contributed by atoms with E-state index in [0.29, 0.717) is 0 Å². The first kappa shape index (κ1) is 15.0. The van der Waals surface area contributed by atoms with E-state index in [1.54, 1.807) is 24.0 Å². The molecule has 1 atom stereocenters. The Hall–Kier alpha value is -1.08. The second-order valence-electron chi connectivity index (χ2n) is 3.95. The topological polar surface area (TPSA) is 39.1 Å². The Kier molecular flexibility index (Phi) is 5.61. The highest BCUT2D eigenvalue weighted by Crippen LogP contribution is 2.17. The van der Waals surface area contributed by atoms with Gasteiger partial charge < -0.3 is 10.1 Å². The monoisotopic (exact) mass is 265 g/mol. The number of alkyl halides is 3. The van der Waals surface area contributed by atoms with Crippen molar-refractivity contribution in [2.45, 2.75) is 32.1 Å². The predicted molar refractivity (Wildman–Crippen MR) is 61.2 cm³/mol. The van der Waals surface area contributed by atoms with Crippen LogP contribution in [0.5, 0.6) is 0 Å². The SMILES string of the molecule is CCCn1nccc1C(COCC(F)(F)F)NC. The fraction of sp³-hybridized carbons (Fsp3) is 0.727. The predicted octanol–water partition coefficient (Wildman–Crippen LogP) is 2.13. The molecule has 1 heterocycles. The Morgan fingerprint density at radius 3 is 2.78 bits per heavy atom. The summed E-state index contributed by atoms with van der Waals surface area (Å²) in [6, 6.07) is 1.50. The third-order valence-electron chi connectivity index (χ3n) is 2.44. The molecule has 0 radical (unpaired) electrons. The van der Waals surface area contributed by atoms with Gasteiger partial charge in [-0.05, 0) is 19.5 Å². The molecule has 0 aliphatic rings. The fourth-order valence-corrected chi connectivity index (χ4v) is 1.65. The van der Waals surface area contributed by atoms with E-state index in [2.05, 4.69) is 15.2 Å². The van der Waals surface area contributed by atoms with Crippen molar-refractivity contribution < 1.29 is 17.9 Å². The van der Waals surface area contributed by atoms with Crippen LogP contribution in [0.15, 0.2) is 12.3 Å². The number of ether oxygens (including phenoxy) is 1. The highest BCUT2D eigenvalue weighted by molar-refractivity contribution is 5.07. The number of hydrogen-bond acceptors (Lipinski definition) is 3. The van der Waals surface area contributed by atoms with Gasteiger partial charge in [0, 0.05) is 12.7 Å². The Morgan fingerprint density at radius 1 is 1.50 bits per heavy atom. The Bertz CT molecular complexity index is 352. The number of rotatable bonds is 7. The molecule has 18 heavy (non-hydrogen) atoms. The average Bonchev–Trinajstić information content (AvgIpc) is 2.72. The van der Waals surface area contributed by atoms with Gasteiger partial charge in [-0.2, -0.15) is 18.3 Å². The summed E-state index contributed by atoms with van der Waals surface area (Å²) in [4.78, 5) is 0. The number of nitrogens with one attached hydrogen (secondary N) is 1. The molecule has 104 valence electrons. The Labute approximate surface area is 104 Å². The number of aryl methyl sites for hydroxylation is 1. The van der Waals surface area contributed by atoms with Crippen LogP contribution < -0.4 is 5.32 Å². The highest BCUT2D eigenvalue weighted by Gasteiger charge is 2.28. The van der Waals surface area contributed by atoms with Gasteiger partial charge in [0.15, 0.2) is 0 Å². The summed E-state index contributed by atoms with van der Waals surface area (Å²) in [5, 5.41) is 7.07. The smallest absolute Gasteiger partial charge is 0.370 e. The van der Waals surface area contributed by atoms with Crippen molar-refractivity contribution >= 4 is 0 Å².